The normalized spacial score (nSPS) is 40.7. The minimum absolute atomic E-state index is 0.178. The monoisotopic (exact) mass is 383 g/mol. The Hall–Kier alpha value is -1.55. The van der Waals surface area contributed by atoms with Gasteiger partial charge in [-0.05, 0) is 68.2 Å². The Morgan fingerprint density at radius 2 is 1.82 bits per heavy atom. The van der Waals surface area contributed by atoms with Gasteiger partial charge in [-0.15, -0.1) is 0 Å². The van der Waals surface area contributed by atoms with E-state index in [1.54, 1.807) is 14.2 Å². The highest BCUT2D eigenvalue weighted by atomic mass is 16.5. The summed E-state index contributed by atoms with van der Waals surface area (Å²) >= 11 is 0. The Morgan fingerprint density at radius 3 is 2.46 bits per heavy atom. The van der Waals surface area contributed by atoms with E-state index in [1.807, 2.05) is 0 Å². The molecule has 4 aliphatic rings. The van der Waals surface area contributed by atoms with Crippen LogP contribution < -0.4 is 4.74 Å². The lowest BCUT2D eigenvalue weighted by Crippen LogP contribution is -2.87. The molecule has 2 saturated carbocycles. The molecule has 4 heteroatoms. The molecular weight excluding hydrogens is 350 g/mol. The van der Waals surface area contributed by atoms with Crippen molar-refractivity contribution in [3.63, 3.8) is 0 Å². The Balaban J connectivity index is 1.43. The van der Waals surface area contributed by atoms with Crippen molar-refractivity contribution in [1.29, 1.82) is 0 Å². The Kier molecular flexibility index (Phi) is 3.94. The van der Waals surface area contributed by atoms with Crippen LogP contribution in [0.15, 0.2) is 12.1 Å². The topological polar surface area (TPSA) is 38.8 Å². The van der Waals surface area contributed by atoms with Crippen molar-refractivity contribution >= 4 is 5.91 Å². The van der Waals surface area contributed by atoms with Gasteiger partial charge in [0.2, 0.25) is 5.91 Å². The molecule has 4 atom stereocenters. The van der Waals surface area contributed by atoms with Crippen LogP contribution in [0.1, 0.15) is 62.6 Å². The lowest BCUT2D eigenvalue weighted by molar-refractivity contribution is -0.251. The number of rotatable bonds is 3. The standard InChI is InChI=1S/C24H33NO3/c1-14-10-18-16(11-19(14)28-5)12-20-24(3)21(13-23(18,24)2)25(20)22(26)15-6-8-17(27-4)9-7-15/h10-11,15,17,20-21H,6-9,12-13H2,1-5H3/t15?,17?,20-,21?,23+,24?/m0/s1. The molecule has 1 saturated heterocycles. The van der Waals surface area contributed by atoms with E-state index in [2.05, 4.69) is 37.8 Å². The number of likely N-dealkylation sites (tertiary alicyclic amines) is 1. The molecule has 1 aromatic carbocycles. The number of amides is 1. The summed E-state index contributed by atoms with van der Waals surface area (Å²) in [6.45, 7) is 6.99. The second-order valence-electron chi connectivity index (χ2n) is 9.99. The van der Waals surface area contributed by atoms with E-state index in [-0.39, 0.29) is 16.7 Å². The van der Waals surface area contributed by atoms with Gasteiger partial charge in [0.05, 0.1) is 13.2 Å². The molecule has 0 bridgehead atoms. The lowest BCUT2D eigenvalue weighted by atomic mass is 9.35. The maximum atomic E-state index is 13.5. The Labute approximate surface area is 168 Å². The first-order valence-corrected chi connectivity index (χ1v) is 10.9. The van der Waals surface area contributed by atoms with Crippen molar-refractivity contribution in [1.82, 2.24) is 4.90 Å². The van der Waals surface area contributed by atoms with Gasteiger partial charge in [-0.3, -0.25) is 4.79 Å². The van der Waals surface area contributed by atoms with Gasteiger partial charge in [0.1, 0.15) is 5.75 Å². The molecule has 0 aromatic heterocycles. The number of hydrogen-bond donors (Lipinski definition) is 0. The number of fused-ring (bicyclic) bond motifs is 2. The lowest BCUT2D eigenvalue weighted by Gasteiger charge is -2.80. The smallest absolute Gasteiger partial charge is 0.226 e. The fourth-order valence-electron chi connectivity index (χ4n) is 7.07. The van der Waals surface area contributed by atoms with E-state index in [0.29, 0.717) is 24.1 Å². The van der Waals surface area contributed by atoms with Gasteiger partial charge in [-0.25, -0.2) is 0 Å². The summed E-state index contributed by atoms with van der Waals surface area (Å²) in [5.41, 5.74) is 4.49. The molecule has 2 unspecified atom stereocenters. The average molecular weight is 384 g/mol. The summed E-state index contributed by atoms with van der Waals surface area (Å²) in [5, 5.41) is 0. The second-order valence-corrected chi connectivity index (χ2v) is 9.99. The minimum Gasteiger partial charge on any atom is -0.496 e. The zero-order chi connectivity index (χ0) is 19.8. The van der Waals surface area contributed by atoms with E-state index < -0.39 is 0 Å². The summed E-state index contributed by atoms with van der Waals surface area (Å²) in [7, 11) is 3.54. The van der Waals surface area contributed by atoms with Crippen molar-refractivity contribution in [3.05, 3.63) is 28.8 Å². The van der Waals surface area contributed by atoms with Gasteiger partial charge in [-0.2, -0.15) is 0 Å². The van der Waals surface area contributed by atoms with Crippen LogP contribution in [-0.4, -0.2) is 43.2 Å². The van der Waals surface area contributed by atoms with E-state index in [1.165, 1.54) is 16.7 Å². The van der Waals surface area contributed by atoms with Gasteiger partial charge in [0.15, 0.2) is 0 Å². The van der Waals surface area contributed by atoms with Crippen LogP contribution in [0.25, 0.3) is 0 Å². The number of methoxy groups -OCH3 is 2. The fourth-order valence-corrected chi connectivity index (χ4v) is 7.07. The van der Waals surface area contributed by atoms with Crippen LogP contribution in [0.4, 0.5) is 0 Å². The van der Waals surface area contributed by atoms with Crippen LogP contribution in [0, 0.1) is 18.3 Å². The molecular formula is C24H33NO3. The predicted molar refractivity (Wildman–Crippen MR) is 109 cm³/mol. The fraction of sp³-hybridized carbons (Fsp3) is 0.708. The zero-order valence-corrected chi connectivity index (χ0v) is 17.9. The molecule has 1 amide bonds. The summed E-state index contributed by atoms with van der Waals surface area (Å²) in [4.78, 5) is 15.7. The Morgan fingerprint density at radius 1 is 1.11 bits per heavy atom. The number of nitrogens with zero attached hydrogens (tertiary/aromatic N) is 1. The molecule has 3 aliphatic carbocycles. The van der Waals surface area contributed by atoms with Gasteiger partial charge in [-0.1, -0.05) is 19.9 Å². The van der Waals surface area contributed by atoms with Crippen LogP contribution >= 0.6 is 0 Å². The van der Waals surface area contributed by atoms with Crippen molar-refractivity contribution < 1.29 is 14.3 Å². The highest BCUT2D eigenvalue weighted by Gasteiger charge is 2.77. The van der Waals surface area contributed by atoms with Gasteiger partial charge in [0.25, 0.3) is 0 Å². The third kappa shape index (κ3) is 2.08. The summed E-state index contributed by atoms with van der Waals surface area (Å²) in [6.07, 6.45) is 6.39. The highest BCUT2D eigenvalue weighted by molar-refractivity contribution is 5.82. The van der Waals surface area contributed by atoms with E-state index >= 15 is 0 Å². The van der Waals surface area contributed by atoms with Crippen molar-refractivity contribution in [2.24, 2.45) is 11.3 Å². The molecule has 152 valence electrons. The minimum atomic E-state index is 0.178. The Bertz CT molecular complexity index is 827. The van der Waals surface area contributed by atoms with Crippen molar-refractivity contribution in [3.8, 4) is 5.75 Å². The predicted octanol–water partition coefficient (Wildman–Crippen LogP) is 4.01. The number of aryl methyl sites for hydroxylation is 1. The summed E-state index contributed by atoms with van der Waals surface area (Å²) < 4.78 is 11.1. The van der Waals surface area contributed by atoms with E-state index in [9.17, 15) is 4.79 Å². The molecule has 0 spiro atoms. The molecule has 0 radical (unpaired) electrons. The SMILES string of the molecule is COc1cc2c(cc1C)[C@@]1(C)CC3N(C(=O)C4CCC(OC)CC4)[C@@H](C2)C31C. The first kappa shape index (κ1) is 18.5. The number of carbonyl (C=O) groups excluding carboxylic acids is 1. The second kappa shape index (κ2) is 5.98. The van der Waals surface area contributed by atoms with Gasteiger partial charge in [0, 0.05) is 35.9 Å². The van der Waals surface area contributed by atoms with Crippen LogP contribution in [0.3, 0.4) is 0 Å². The maximum absolute atomic E-state index is 13.5. The van der Waals surface area contributed by atoms with Crippen LogP contribution in [0.5, 0.6) is 5.75 Å². The first-order valence-electron chi connectivity index (χ1n) is 10.9. The van der Waals surface area contributed by atoms with Crippen LogP contribution in [-0.2, 0) is 21.4 Å². The van der Waals surface area contributed by atoms with Crippen LogP contribution in [0.2, 0.25) is 0 Å². The number of piperidine rings is 1. The number of carbonyl (C=O) groups is 1. The average Bonchev–Trinajstić information content (AvgIpc) is 2.71. The molecule has 0 N–H and O–H groups in total. The van der Waals surface area contributed by atoms with Crippen molar-refractivity contribution in [2.75, 3.05) is 14.2 Å². The third-order valence-corrected chi connectivity index (χ3v) is 9.09. The zero-order valence-electron chi connectivity index (χ0n) is 17.9. The largest absolute Gasteiger partial charge is 0.496 e. The molecule has 4 nitrogen and oxygen atoms in total. The van der Waals surface area contributed by atoms with Gasteiger partial charge >= 0.3 is 0 Å². The quantitative estimate of drug-likeness (QED) is 0.792. The summed E-state index contributed by atoms with van der Waals surface area (Å²) in [5.74, 6) is 1.57. The summed E-state index contributed by atoms with van der Waals surface area (Å²) in [6, 6.07) is 5.34. The van der Waals surface area contributed by atoms with E-state index in [4.69, 9.17) is 9.47 Å². The number of hydrogen-bond acceptors (Lipinski definition) is 3. The number of benzene rings is 1. The molecule has 3 fully saturated rings. The highest BCUT2D eigenvalue weighted by Crippen LogP contribution is 2.72. The molecule has 1 aromatic rings. The van der Waals surface area contributed by atoms with Gasteiger partial charge < -0.3 is 14.4 Å². The first-order chi connectivity index (χ1) is 13.3. The maximum Gasteiger partial charge on any atom is 0.226 e. The van der Waals surface area contributed by atoms with E-state index in [0.717, 1.165) is 44.3 Å². The molecule has 5 rings (SSSR count). The molecule has 1 heterocycles. The number of ether oxygens (including phenoxy) is 2. The molecule has 1 aliphatic heterocycles. The van der Waals surface area contributed by atoms with Crippen molar-refractivity contribution in [2.45, 2.75) is 82.9 Å². The third-order valence-electron chi connectivity index (χ3n) is 9.09. The molecule has 28 heavy (non-hydrogen) atoms.